The molecule has 0 unspecified atom stereocenters. The van der Waals surface area contributed by atoms with Crippen molar-refractivity contribution in [2.75, 3.05) is 0 Å². The van der Waals surface area contributed by atoms with Crippen LogP contribution in [0.25, 0.3) is 0 Å². The van der Waals surface area contributed by atoms with E-state index in [1.807, 2.05) is 0 Å². The van der Waals surface area contributed by atoms with E-state index in [-0.39, 0.29) is 12.3 Å². The van der Waals surface area contributed by atoms with Gasteiger partial charge >= 0.3 is 17.9 Å². The van der Waals surface area contributed by atoms with Gasteiger partial charge in [0.15, 0.2) is 18.3 Å². The van der Waals surface area contributed by atoms with Gasteiger partial charge in [-0.1, -0.05) is 33.3 Å². The van der Waals surface area contributed by atoms with Crippen LogP contribution in [0.15, 0.2) is 11.6 Å². The Morgan fingerprint density at radius 2 is 1.33 bits per heavy atom. The molecule has 172 valence electrons. The number of allylic oxidation sites excluding steroid dienone is 1. The topological polar surface area (TPSA) is 140 Å². The van der Waals surface area contributed by atoms with Gasteiger partial charge in [-0.05, 0) is 26.2 Å². The van der Waals surface area contributed by atoms with Gasteiger partial charge in [0.2, 0.25) is 0 Å². The van der Waals surface area contributed by atoms with E-state index in [9.17, 15) is 29.7 Å². The van der Waals surface area contributed by atoms with E-state index in [2.05, 4.69) is 0 Å². The number of carbonyl (C=O) groups is 3. The van der Waals surface area contributed by atoms with Crippen LogP contribution >= 0.6 is 0 Å². The standard InChI is InChI=1S/C21H34O9/c1-7-12(6)21(27)30-20-16(25)18(28-13(22)8-10(2)3)15(24)19(17(20)26)29-14(23)9-11(4)5/h8,11-12,15-20,24-26H,7,9H2,1-6H3/t12-,15+,16+,17+,18+,19-,20-/m1/s1. The molecule has 3 N–H and O–H groups in total. The molecule has 0 spiro atoms. The van der Waals surface area contributed by atoms with Crippen molar-refractivity contribution < 1.29 is 43.9 Å². The number of hydrogen-bond donors (Lipinski definition) is 3. The van der Waals surface area contributed by atoms with E-state index in [1.54, 1.807) is 41.5 Å². The first-order valence-electron chi connectivity index (χ1n) is 10.2. The number of ether oxygens (including phenoxy) is 3. The van der Waals surface area contributed by atoms with E-state index >= 15 is 0 Å². The van der Waals surface area contributed by atoms with Crippen molar-refractivity contribution in [3.8, 4) is 0 Å². The highest BCUT2D eigenvalue weighted by molar-refractivity contribution is 5.82. The van der Waals surface area contributed by atoms with Gasteiger partial charge in [0.25, 0.3) is 0 Å². The molecule has 1 aliphatic rings. The summed E-state index contributed by atoms with van der Waals surface area (Å²) in [5.41, 5.74) is 0.625. The highest BCUT2D eigenvalue weighted by Gasteiger charge is 2.55. The smallest absolute Gasteiger partial charge is 0.331 e. The second kappa shape index (κ2) is 11.4. The van der Waals surface area contributed by atoms with Crippen LogP contribution in [0, 0.1) is 11.8 Å². The van der Waals surface area contributed by atoms with Crippen LogP contribution in [0.4, 0.5) is 0 Å². The number of esters is 3. The number of rotatable bonds is 8. The predicted molar refractivity (Wildman–Crippen MR) is 106 cm³/mol. The summed E-state index contributed by atoms with van der Waals surface area (Å²) in [6.45, 7) is 10.3. The molecule has 0 aromatic rings. The Labute approximate surface area is 177 Å². The molecule has 0 aliphatic heterocycles. The lowest BCUT2D eigenvalue weighted by molar-refractivity contribution is -0.246. The van der Waals surface area contributed by atoms with Crippen molar-refractivity contribution in [2.45, 2.75) is 91.0 Å². The predicted octanol–water partition coefficient (Wildman–Crippen LogP) is 0.876. The zero-order valence-electron chi connectivity index (χ0n) is 18.4. The Kier molecular flexibility index (Phi) is 9.93. The number of aliphatic hydroxyl groups is 3. The lowest BCUT2D eigenvalue weighted by Gasteiger charge is -2.44. The first-order valence-corrected chi connectivity index (χ1v) is 10.2. The molecule has 1 rings (SSSR count). The zero-order valence-corrected chi connectivity index (χ0v) is 18.4. The molecule has 7 atom stereocenters. The third kappa shape index (κ3) is 7.07. The van der Waals surface area contributed by atoms with E-state index < -0.39 is 60.4 Å². The number of hydrogen-bond acceptors (Lipinski definition) is 9. The zero-order chi connectivity index (χ0) is 23.2. The molecule has 30 heavy (non-hydrogen) atoms. The fourth-order valence-corrected chi connectivity index (χ4v) is 2.94. The maximum absolute atomic E-state index is 12.2. The van der Waals surface area contributed by atoms with Crippen LogP contribution < -0.4 is 0 Å². The van der Waals surface area contributed by atoms with Crippen LogP contribution in [-0.4, -0.2) is 69.9 Å². The molecular formula is C21H34O9. The summed E-state index contributed by atoms with van der Waals surface area (Å²) in [4.78, 5) is 36.4. The Bertz CT molecular complexity index is 638. The molecule has 0 aromatic carbocycles. The quantitative estimate of drug-likeness (QED) is 0.291. The molecule has 0 heterocycles. The molecule has 0 aromatic heterocycles. The average molecular weight is 430 g/mol. The third-order valence-electron chi connectivity index (χ3n) is 4.79. The molecule has 0 bridgehead atoms. The van der Waals surface area contributed by atoms with Crippen molar-refractivity contribution in [1.82, 2.24) is 0 Å². The van der Waals surface area contributed by atoms with Crippen molar-refractivity contribution in [2.24, 2.45) is 11.8 Å². The molecule has 9 nitrogen and oxygen atoms in total. The summed E-state index contributed by atoms with van der Waals surface area (Å²) >= 11 is 0. The van der Waals surface area contributed by atoms with Gasteiger partial charge in [-0.25, -0.2) is 4.79 Å². The van der Waals surface area contributed by atoms with Gasteiger partial charge in [0.1, 0.15) is 18.3 Å². The minimum Gasteiger partial charge on any atom is -0.456 e. The normalized spacial score (nSPS) is 29.7. The van der Waals surface area contributed by atoms with E-state index in [4.69, 9.17) is 14.2 Å². The second-order valence-corrected chi connectivity index (χ2v) is 8.36. The Balaban J connectivity index is 3.17. The minimum atomic E-state index is -1.72. The van der Waals surface area contributed by atoms with Crippen LogP contribution in [-0.2, 0) is 28.6 Å². The third-order valence-corrected chi connectivity index (χ3v) is 4.79. The number of aliphatic hydroxyl groups excluding tert-OH is 3. The summed E-state index contributed by atoms with van der Waals surface area (Å²) in [5.74, 6) is -2.76. The van der Waals surface area contributed by atoms with Crippen molar-refractivity contribution >= 4 is 17.9 Å². The first-order chi connectivity index (χ1) is 13.9. The molecule has 0 radical (unpaired) electrons. The van der Waals surface area contributed by atoms with Gasteiger partial charge in [0, 0.05) is 12.5 Å². The molecule has 0 amide bonds. The molecule has 9 heteroatoms. The SMILES string of the molecule is CC[C@@H](C)C(=O)O[C@@H]1[C@@H](O)[C@@H](OC(=O)C=C(C)C)[C@H](O)[C@@H](OC(=O)CC(C)C)[C@@H]1O. The largest absolute Gasteiger partial charge is 0.456 e. The van der Waals surface area contributed by atoms with Gasteiger partial charge < -0.3 is 29.5 Å². The number of carbonyl (C=O) groups excluding carboxylic acids is 3. The summed E-state index contributed by atoms with van der Waals surface area (Å²) < 4.78 is 15.6. The van der Waals surface area contributed by atoms with E-state index in [0.29, 0.717) is 12.0 Å². The van der Waals surface area contributed by atoms with E-state index in [0.717, 1.165) is 6.08 Å². The monoisotopic (exact) mass is 430 g/mol. The van der Waals surface area contributed by atoms with Gasteiger partial charge in [-0.2, -0.15) is 0 Å². The highest BCUT2D eigenvalue weighted by atomic mass is 16.6. The maximum Gasteiger partial charge on any atom is 0.331 e. The van der Waals surface area contributed by atoms with E-state index in [1.165, 1.54) is 0 Å². The van der Waals surface area contributed by atoms with Crippen molar-refractivity contribution in [3.63, 3.8) is 0 Å². The Morgan fingerprint density at radius 1 is 0.867 bits per heavy atom. The van der Waals surface area contributed by atoms with Gasteiger partial charge in [-0.15, -0.1) is 0 Å². The molecule has 0 saturated heterocycles. The first kappa shape index (κ1) is 26.1. The van der Waals surface area contributed by atoms with Gasteiger partial charge in [0.05, 0.1) is 5.92 Å². The molecule has 1 saturated carbocycles. The lowest BCUT2D eigenvalue weighted by Crippen LogP contribution is -2.66. The summed E-state index contributed by atoms with van der Waals surface area (Å²) in [5, 5.41) is 31.9. The lowest BCUT2D eigenvalue weighted by atomic mass is 9.84. The summed E-state index contributed by atoms with van der Waals surface area (Å²) in [7, 11) is 0. The van der Waals surface area contributed by atoms with Crippen LogP contribution in [0.2, 0.25) is 0 Å². The Morgan fingerprint density at radius 3 is 1.77 bits per heavy atom. The Hall–Kier alpha value is -1.97. The van der Waals surface area contributed by atoms with Crippen molar-refractivity contribution in [3.05, 3.63) is 11.6 Å². The van der Waals surface area contributed by atoms with Crippen LogP contribution in [0.3, 0.4) is 0 Å². The fourth-order valence-electron chi connectivity index (χ4n) is 2.94. The molecular weight excluding hydrogens is 396 g/mol. The maximum atomic E-state index is 12.2. The van der Waals surface area contributed by atoms with Crippen LogP contribution in [0.1, 0.15) is 54.4 Å². The summed E-state index contributed by atoms with van der Waals surface area (Å²) in [6.07, 6.45) is -8.21. The molecule has 1 fully saturated rings. The second-order valence-electron chi connectivity index (χ2n) is 8.36. The fraction of sp³-hybridized carbons (Fsp3) is 0.762. The molecule has 1 aliphatic carbocycles. The average Bonchev–Trinajstić information content (AvgIpc) is 2.63. The summed E-state index contributed by atoms with van der Waals surface area (Å²) in [6, 6.07) is 0. The minimum absolute atomic E-state index is 0.0258. The van der Waals surface area contributed by atoms with Gasteiger partial charge in [-0.3, -0.25) is 9.59 Å². The van der Waals surface area contributed by atoms with Crippen molar-refractivity contribution in [1.29, 1.82) is 0 Å². The van der Waals surface area contributed by atoms with Crippen LogP contribution in [0.5, 0.6) is 0 Å². The highest BCUT2D eigenvalue weighted by Crippen LogP contribution is 2.29.